The molecular weight excluding hydrogens is 286 g/mol. The number of pyridine rings is 1. The summed E-state index contributed by atoms with van der Waals surface area (Å²) in [5, 5.41) is 6.47. The Labute approximate surface area is 128 Å². The summed E-state index contributed by atoms with van der Waals surface area (Å²) in [6.07, 6.45) is 2.63. The van der Waals surface area contributed by atoms with Gasteiger partial charge < -0.3 is 10.6 Å². The van der Waals surface area contributed by atoms with Gasteiger partial charge in [0.25, 0.3) is 5.91 Å². The van der Waals surface area contributed by atoms with E-state index in [9.17, 15) is 4.79 Å². The molecule has 3 rings (SSSR count). The first-order valence-corrected chi connectivity index (χ1v) is 7.28. The molecule has 2 aromatic rings. The third kappa shape index (κ3) is 2.91. The van der Waals surface area contributed by atoms with Gasteiger partial charge in [-0.15, -0.1) is 0 Å². The Morgan fingerprint density at radius 3 is 3.00 bits per heavy atom. The zero-order chi connectivity index (χ0) is 14.8. The van der Waals surface area contributed by atoms with Gasteiger partial charge >= 0.3 is 0 Å². The minimum Gasteiger partial charge on any atom is -0.319 e. The molecule has 1 aliphatic rings. The van der Waals surface area contributed by atoms with Crippen molar-refractivity contribution in [2.75, 3.05) is 11.9 Å². The topological polar surface area (TPSA) is 54.0 Å². The number of aromatic nitrogens is 1. The molecule has 1 aromatic carbocycles. The van der Waals surface area contributed by atoms with Gasteiger partial charge in [0.1, 0.15) is 0 Å². The number of benzene rings is 1. The molecule has 0 radical (unpaired) electrons. The molecule has 0 aliphatic carbocycles. The second kappa shape index (κ2) is 5.84. The van der Waals surface area contributed by atoms with Crippen LogP contribution < -0.4 is 10.6 Å². The van der Waals surface area contributed by atoms with E-state index in [0.717, 1.165) is 25.1 Å². The Morgan fingerprint density at radius 2 is 2.19 bits per heavy atom. The van der Waals surface area contributed by atoms with Gasteiger partial charge in [-0.05, 0) is 54.8 Å². The maximum Gasteiger partial charge on any atom is 0.255 e. The van der Waals surface area contributed by atoms with Crippen molar-refractivity contribution in [2.45, 2.75) is 19.9 Å². The quantitative estimate of drug-likeness (QED) is 0.839. The number of fused-ring (bicyclic) bond motifs is 1. The predicted molar refractivity (Wildman–Crippen MR) is 83.8 cm³/mol. The van der Waals surface area contributed by atoms with Crippen LogP contribution in [-0.2, 0) is 13.0 Å². The number of amides is 1. The van der Waals surface area contributed by atoms with Gasteiger partial charge in [0, 0.05) is 18.3 Å². The lowest BCUT2D eigenvalue weighted by Crippen LogP contribution is -2.24. The van der Waals surface area contributed by atoms with E-state index in [4.69, 9.17) is 11.6 Å². The zero-order valence-corrected chi connectivity index (χ0v) is 12.5. The van der Waals surface area contributed by atoms with Crippen molar-refractivity contribution in [2.24, 2.45) is 0 Å². The molecule has 108 valence electrons. The van der Waals surface area contributed by atoms with Crippen molar-refractivity contribution >= 4 is 23.2 Å². The molecule has 4 nitrogen and oxygen atoms in total. The van der Waals surface area contributed by atoms with Crippen LogP contribution in [0.25, 0.3) is 0 Å². The number of anilines is 1. The summed E-state index contributed by atoms with van der Waals surface area (Å²) in [7, 11) is 0. The predicted octanol–water partition coefficient (Wildman–Crippen LogP) is 2.94. The maximum atomic E-state index is 12.4. The Balaban J connectivity index is 1.86. The summed E-state index contributed by atoms with van der Waals surface area (Å²) in [6, 6.07) is 7.65. The van der Waals surface area contributed by atoms with E-state index in [2.05, 4.69) is 15.6 Å². The van der Waals surface area contributed by atoms with Crippen LogP contribution in [0.1, 0.15) is 27.0 Å². The zero-order valence-electron chi connectivity index (χ0n) is 11.7. The molecule has 0 spiro atoms. The first kappa shape index (κ1) is 14.0. The van der Waals surface area contributed by atoms with E-state index >= 15 is 0 Å². The van der Waals surface area contributed by atoms with Crippen LogP contribution in [0.5, 0.6) is 0 Å². The SMILES string of the molecule is Cc1ccnc(Cl)c1NC(=O)c1ccc2c(c1)CNCC2. The van der Waals surface area contributed by atoms with E-state index in [0.29, 0.717) is 16.4 Å². The summed E-state index contributed by atoms with van der Waals surface area (Å²) in [6.45, 7) is 3.69. The molecular formula is C16H16ClN3O. The summed E-state index contributed by atoms with van der Waals surface area (Å²) in [5.41, 5.74) is 4.59. The maximum absolute atomic E-state index is 12.4. The summed E-state index contributed by atoms with van der Waals surface area (Å²) in [5.74, 6) is -0.165. The number of rotatable bonds is 2. The van der Waals surface area contributed by atoms with E-state index in [1.807, 2.05) is 31.2 Å². The highest BCUT2D eigenvalue weighted by molar-refractivity contribution is 6.32. The molecule has 0 unspecified atom stereocenters. The third-order valence-electron chi connectivity index (χ3n) is 3.71. The molecule has 0 bridgehead atoms. The number of nitrogens with zero attached hydrogens (tertiary/aromatic N) is 1. The van der Waals surface area contributed by atoms with Gasteiger partial charge in [-0.25, -0.2) is 4.98 Å². The number of carbonyl (C=O) groups excluding carboxylic acids is 1. The molecule has 0 saturated carbocycles. The molecule has 0 saturated heterocycles. The number of aryl methyl sites for hydroxylation is 1. The van der Waals surface area contributed by atoms with E-state index in [1.165, 1.54) is 11.1 Å². The fourth-order valence-electron chi connectivity index (χ4n) is 2.48. The van der Waals surface area contributed by atoms with Crippen LogP contribution in [0.4, 0.5) is 5.69 Å². The van der Waals surface area contributed by atoms with Gasteiger partial charge in [0.2, 0.25) is 0 Å². The first-order valence-electron chi connectivity index (χ1n) is 6.90. The average molecular weight is 302 g/mol. The highest BCUT2D eigenvalue weighted by Crippen LogP contribution is 2.24. The molecule has 5 heteroatoms. The number of halogens is 1. The Bertz CT molecular complexity index is 680. The lowest BCUT2D eigenvalue weighted by atomic mass is 9.98. The molecule has 2 heterocycles. The molecule has 0 fully saturated rings. The van der Waals surface area contributed by atoms with Gasteiger partial charge in [0.05, 0.1) is 5.69 Å². The van der Waals surface area contributed by atoms with Crippen molar-refractivity contribution in [1.82, 2.24) is 10.3 Å². The number of nitrogens with one attached hydrogen (secondary N) is 2. The molecule has 1 amide bonds. The Hall–Kier alpha value is -1.91. The Morgan fingerprint density at radius 1 is 1.33 bits per heavy atom. The highest BCUT2D eigenvalue weighted by Gasteiger charge is 2.14. The largest absolute Gasteiger partial charge is 0.319 e. The number of hydrogen-bond donors (Lipinski definition) is 2. The second-order valence-electron chi connectivity index (χ2n) is 5.16. The van der Waals surface area contributed by atoms with E-state index < -0.39 is 0 Å². The first-order chi connectivity index (χ1) is 10.1. The minimum absolute atomic E-state index is 0.165. The standard InChI is InChI=1S/C16H16ClN3O/c1-10-4-7-19-15(17)14(10)20-16(21)12-3-2-11-5-6-18-9-13(11)8-12/h2-4,7-8,18H,5-6,9H2,1H3,(H,20,21). The fourth-order valence-corrected chi connectivity index (χ4v) is 2.74. The van der Waals surface area contributed by atoms with Crippen LogP contribution in [-0.4, -0.2) is 17.4 Å². The molecule has 21 heavy (non-hydrogen) atoms. The van der Waals surface area contributed by atoms with Crippen LogP contribution in [0.2, 0.25) is 5.15 Å². The second-order valence-corrected chi connectivity index (χ2v) is 5.52. The number of hydrogen-bond acceptors (Lipinski definition) is 3. The summed E-state index contributed by atoms with van der Waals surface area (Å²) < 4.78 is 0. The summed E-state index contributed by atoms with van der Waals surface area (Å²) >= 11 is 6.04. The molecule has 2 N–H and O–H groups in total. The highest BCUT2D eigenvalue weighted by atomic mass is 35.5. The summed E-state index contributed by atoms with van der Waals surface area (Å²) in [4.78, 5) is 16.4. The van der Waals surface area contributed by atoms with Crippen LogP contribution in [0, 0.1) is 6.92 Å². The van der Waals surface area contributed by atoms with E-state index in [1.54, 1.807) is 6.20 Å². The van der Waals surface area contributed by atoms with Crippen molar-refractivity contribution in [1.29, 1.82) is 0 Å². The monoisotopic (exact) mass is 301 g/mol. The fraction of sp³-hybridized carbons (Fsp3) is 0.250. The smallest absolute Gasteiger partial charge is 0.255 e. The lowest BCUT2D eigenvalue weighted by molar-refractivity contribution is 0.102. The normalized spacial score (nSPS) is 13.6. The molecule has 0 atom stereocenters. The van der Waals surface area contributed by atoms with Crippen molar-refractivity contribution in [3.63, 3.8) is 0 Å². The van der Waals surface area contributed by atoms with Crippen molar-refractivity contribution in [3.8, 4) is 0 Å². The van der Waals surface area contributed by atoms with E-state index in [-0.39, 0.29) is 5.91 Å². The van der Waals surface area contributed by atoms with Gasteiger partial charge in [-0.3, -0.25) is 4.79 Å². The molecule has 1 aromatic heterocycles. The minimum atomic E-state index is -0.165. The van der Waals surface area contributed by atoms with Gasteiger partial charge in [-0.1, -0.05) is 17.7 Å². The van der Waals surface area contributed by atoms with Crippen LogP contribution in [0.3, 0.4) is 0 Å². The van der Waals surface area contributed by atoms with Crippen LogP contribution >= 0.6 is 11.6 Å². The molecule has 1 aliphatic heterocycles. The lowest BCUT2D eigenvalue weighted by Gasteiger charge is -2.18. The van der Waals surface area contributed by atoms with Crippen LogP contribution in [0.15, 0.2) is 30.5 Å². The van der Waals surface area contributed by atoms with Gasteiger partial charge in [0.15, 0.2) is 5.15 Å². The average Bonchev–Trinajstić information content (AvgIpc) is 2.50. The van der Waals surface area contributed by atoms with Gasteiger partial charge in [-0.2, -0.15) is 0 Å². The Kier molecular flexibility index (Phi) is 3.90. The van der Waals surface area contributed by atoms with Crippen molar-refractivity contribution in [3.05, 3.63) is 57.9 Å². The third-order valence-corrected chi connectivity index (χ3v) is 3.99. The number of carbonyl (C=O) groups is 1. The van der Waals surface area contributed by atoms with Crippen molar-refractivity contribution < 1.29 is 4.79 Å².